The van der Waals surface area contributed by atoms with Crippen molar-refractivity contribution >= 4 is 5.69 Å². The largest absolute Gasteiger partial charge is 0.416 e. The van der Waals surface area contributed by atoms with Gasteiger partial charge in [0.2, 0.25) is 0 Å². The second kappa shape index (κ2) is 6.48. The topological polar surface area (TPSA) is 45.0 Å². The predicted octanol–water partition coefficient (Wildman–Crippen LogP) is 4.99. The Labute approximate surface area is 150 Å². The predicted molar refractivity (Wildman–Crippen MR) is 91.2 cm³/mol. The number of nitrogens with zero attached hydrogens (tertiary/aromatic N) is 1. The van der Waals surface area contributed by atoms with E-state index < -0.39 is 11.7 Å². The third-order valence-electron chi connectivity index (χ3n) is 5.55. The molecule has 1 aromatic carbocycles. The number of nitriles is 1. The minimum absolute atomic E-state index is 0.0397. The van der Waals surface area contributed by atoms with Crippen LogP contribution in [0.5, 0.6) is 0 Å². The lowest BCUT2D eigenvalue weighted by Gasteiger charge is -2.46. The first-order chi connectivity index (χ1) is 12.5. The first-order valence-corrected chi connectivity index (χ1v) is 8.84. The molecule has 1 aromatic rings. The van der Waals surface area contributed by atoms with Crippen molar-refractivity contribution in [2.45, 2.75) is 37.6 Å². The van der Waals surface area contributed by atoms with Crippen LogP contribution in [0.4, 0.5) is 18.9 Å². The van der Waals surface area contributed by atoms with E-state index in [0.717, 1.165) is 24.5 Å². The number of fused-ring (bicyclic) bond motifs is 3. The summed E-state index contributed by atoms with van der Waals surface area (Å²) in [6, 6.07) is 6.10. The molecule has 0 radical (unpaired) electrons. The van der Waals surface area contributed by atoms with Gasteiger partial charge in [0.25, 0.3) is 0 Å². The molecule has 2 heterocycles. The van der Waals surface area contributed by atoms with Gasteiger partial charge in [-0.3, -0.25) is 0 Å². The summed E-state index contributed by atoms with van der Waals surface area (Å²) in [7, 11) is 0. The smallest absolute Gasteiger partial charge is 0.381 e. The van der Waals surface area contributed by atoms with Crippen molar-refractivity contribution in [3.8, 4) is 6.07 Å². The molecule has 1 fully saturated rings. The summed E-state index contributed by atoms with van der Waals surface area (Å²) in [4.78, 5) is 0. The van der Waals surface area contributed by atoms with E-state index >= 15 is 0 Å². The highest BCUT2D eigenvalue weighted by molar-refractivity contribution is 5.58. The zero-order valence-electron chi connectivity index (χ0n) is 14.1. The standard InChI is InChI=1S/C20H19F3N2O/c21-20(22,23)14-6-7-17-16(10-14)19-15(5-2-8-26-19)18(25-17)13-4-1-3-12(9-13)11-24/h1,3-4,6-7,10,13,15,18-19,25H,2,5,8-9H2/t13?,15-,18-,19-/m0/s1. The molecule has 1 unspecified atom stereocenters. The van der Waals surface area contributed by atoms with Gasteiger partial charge in [-0.1, -0.05) is 12.2 Å². The fourth-order valence-electron chi connectivity index (χ4n) is 4.34. The Hall–Kier alpha value is -2.26. The number of alkyl halides is 3. The van der Waals surface area contributed by atoms with Gasteiger partial charge < -0.3 is 10.1 Å². The Balaban J connectivity index is 1.69. The highest BCUT2D eigenvalue weighted by atomic mass is 19.4. The molecule has 1 N–H and O–H groups in total. The van der Waals surface area contributed by atoms with Crippen LogP contribution in [0.15, 0.2) is 42.0 Å². The van der Waals surface area contributed by atoms with Crippen molar-refractivity contribution < 1.29 is 17.9 Å². The number of anilines is 1. The summed E-state index contributed by atoms with van der Waals surface area (Å²) in [5.74, 6) is 0.215. The number of hydrogen-bond acceptors (Lipinski definition) is 3. The first kappa shape index (κ1) is 17.2. The van der Waals surface area contributed by atoms with Crippen LogP contribution in [-0.4, -0.2) is 12.6 Å². The number of rotatable bonds is 1. The lowest BCUT2D eigenvalue weighted by Crippen LogP contribution is -2.45. The SMILES string of the molecule is N#CC1=CC=CC([C@@H]2Nc3ccc(C(F)(F)F)cc3[C@H]3OCCC[C@H]32)C1. The van der Waals surface area contributed by atoms with Crippen molar-refractivity contribution in [1.29, 1.82) is 5.26 Å². The molecule has 1 saturated heterocycles. The van der Waals surface area contributed by atoms with Gasteiger partial charge in [0.1, 0.15) is 0 Å². The molecule has 0 saturated carbocycles. The van der Waals surface area contributed by atoms with E-state index in [1.807, 2.05) is 12.2 Å². The van der Waals surface area contributed by atoms with E-state index in [4.69, 9.17) is 4.74 Å². The first-order valence-electron chi connectivity index (χ1n) is 8.84. The molecule has 4 atom stereocenters. The van der Waals surface area contributed by atoms with Crippen LogP contribution in [0.3, 0.4) is 0 Å². The molecule has 3 nitrogen and oxygen atoms in total. The molecule has 6 heteroatoms. The monoisotopic (exact) mass is 360 g/mol. The van der Waals surface area contributed by atoms with Gasteiger partial charge in [0, 0.05) is 41.3 Å². The molecule has 3 aliphatic rings. The van der Waals surface area contributed by atoms with Gasteiger partial charge in [0.15, 0.2) is 0 Å². The third kappa shape index (κ3) is 3.01. The van der Waals surface area contributed by atoms with E-state index in [1.54, 1.807) is 0 Å². The van der Waals surface area contributed by atoms with Crippen molar-refractivity contribution in [3.05, 3.63) is 53.1 Å². The van der Waals surface area contributed by atoms with Crippen LogP contribution in [0.2, 0.25) is 0 Å². The summed E-state index contributed by atoms with van der Waals surface area (Å²) >= 11 is 0. The van der Waals surface area contributed by atoms with Crippen molar-refractivity contribution in [1.82, 2.24) is 0 Å². The maximum atomic E-state index is 13.1. The molecule has 1 aliphatic carbocycles. The Morgan fingerprint density at radius 3 is 2.88 bits per heavy atom. The van der Waals surface area contributed by atoms with Crippen molar-refractivity contribution in [3.63, 3.8) is 0 Å². The number of hydrogen-bond donors (Lipinski definition) is 1. The number of ether oxygens (including phenoxy) is 1. The molecule has 136 valence electrons. The molecule has 0 bridgehead atoms. The summed E-state index contributed by atoms with van der Waals surface area (Å²) < 4.78 is 45.3. The summed E-state index contributed by atoms with van der Waals surface area (Å²) in [5.41, 5.74) is 1.38. The maximum absolute atomic E-state index is 13.1. The van der Waals surface area contributed by atoms with Gasteiger partial charge in [-0.25, -0.2) is 0 Å². The van der Waals surface area contributed by atoms with Gasteiger partial charge in [-0.2, -0.15) is 18.4 Å². The Morgan fingerprint density at radius 2 is 2.12 bits per heavy atom. The summed E-state index contributed by atoms with van der Waals surface area (Å²) in [5, 5.41) is 12.7. The van der Waals surface area contributed by atoms with Gasteiger partial charge in [-0.15, -0.1) is 0 Å². The van der Waals surface area contributed by atoms with Gasteiger partial charge >= 0.3 is 6.18 Å². The second-order valence-electron chi connectivity index (χ2n) is 7.12. The molecular weight excluding hydrogens is 341 g/mol. The number of allylic oxidation sites excluding steroid dienone is 3. The van der Waals surface area contributed by atoms with Crippen LogP contribution in [0.1, 0.15) is 36.5 Å². The van der Waals surface area contributed by atoms with Crippen LogP contribution in [-0.2, 0) is 10.9 Å². The highest BCUT2D eigenvalue weighted by Crippen LogP contribution is 2.48. The van der Waals surface area contributed by atoms with Crippen LogP contribution < -0.4 is 5.32 Å². The Morgan fingerprint density at radius 1 is 1.27 bits per heavy atom. The molecular formula is C20H19F3N2O. The summed E-state index contributed by atoms with van der Waals surface area (Å²) in [6.45, 7) is 0.563. The molecule has 0 amide bonds. The van der Waals surface area contributed by atoms with Crippen molar-refractivity contribution in [2.75, 3.05) is 11.9 Å². The average Bonchev–Trinajstić information content (AvgIpc) is 2.66. The van der Waals surface area contributed by atoms with Crippen LogP contribution >= 0.6 is 0 Å². The normalized spacial score (nSPS) is 30.5. The van der Waals surface area contributed by atoms with Crippen molar-refractivity contribution in [2.24, 2.45) is 11.8 Å². The fraction of sp³-hybridized carbons (Fsp3) is 0.450. The molecule has 4 rings (SSSR count). The van der Waals surface area contributed by atoms with Crippen LogP contribution in [0.25, 0.3) is 0 Å². The minimum Gasteiger partial charge on any atom is -0.381 e. The zero-order valence-corrected chi connectivity index (χ0v) is 14.1. The van der Waals surface area contributed by atoms with Gasteiger partial charge in [0.05, 0.1) is 17.7 Å². The number of nitrogens with one attached hydrogen (secondary N) is 1. The number of halogens is 3. The third-order valence-corrected chi connectivity index (χ3v) is 5.55. The lowest BCUT2D eigenvalue weighted by molar-refractivity contribution is -0.137. The quantitative estimate of drug-likeness (QED) is 0.767. The molecule has 0 spiro atoms. The Bertz CT molecular complexity index is 806. The van der Waals surface area contributed by atoms with E-state index in [0.29, 0.717) is 24.3 Å². The van der Waals surface area contributed by atoms with Gasteiger partial charge in [-0.05, 0) is 43.5 Å². The lowest BCUT2D eigenvalue weighted by atomic mass is 9.73. The molecule has 26 heavy (non-hydrogen) atoms. The average molecular weight is 360 g/mol. The zero-order chi connectivity index (χ0) is 18.3. The maximum Gasteiger partial charge on any atom is 0.416 e. The van der Waals surface area contributed by atoms with E-state index in [-0.39, 0.29) is 24.0 Å². The second-order valence-corrected chi connectivity index (χ2v) is 7.12. The summed E-state index contributed by atoms with van der Waals surface area (Å²) in [6.07, 6.45) is 3.53. The fourth-order valence-corrected chi connectivity index (χ4v) is 4.34. The van der Waals surface area contributed by atoms with E-state index in [2.05, 4.69) is 17.5 Å². The Kier molecular flexibility index (Phi) is 4.28. The van der Waals surface area contributed by atoms with E-state index in [9.17, 15) is 18.4 Å². The van der Waals surface area contributed by atoms with Crippen LogP contribution in [0, 0.1) is 23.2 Å². The highest BCUT2D eigenvalue weighted by Gasteiger charge is 2.43. The number of benzene rings is 1. The molecule has 0 aromatic heterocycles. The molecule has 2 aliphatic heterocycles. The van der Waals surface area contributed by atoms with E-state index in [1.165, 1.54) is 12.1 Å². The minimum atomic E-state index is -4.37.